The summed E-state index contributed by atoms with van der Waals surface area (Å²) in [5, 5.41) is 0. The summed E-state index contributed by atoms with van der Waals surface area (Å²) < 4.78 is 5.23. The first-order valence-electron chi connectivity index (χ1n) is 20.9. The number of hydrogen-bond donors (Lipinski definition) is 0. The normalized spacial score (nSPS) is 11.3. The standard InChI is InChI=1S/C42H82O3/c1-3-5-7-9-11-13-15-17-19-21-23-25-27-29-31-33-35-37-39-42(44)45-40-41(43)38-36-34-32-30-28-26-24-22-20-18-16-14-12-10-8-6-4-2/h3-40H2,1-2H3. The fourth-order valence-electron chi connectivity index (χ4n) is 6.52. The maximum atomic E-state index is 12.1. The molecule has 0 aromatic heterocycles. The van der Waals surface area contributed by atoms with Crippen LogP contribution in [0.5, 0.6) is 0 Å². The van der Waals surface area contributed by atoms with E-state index in [1.807, 2.05) is 0 Å². The summed E-state index contributed by atoms with van der Waals surface area (Å²) in [5.41, 5.74) is 0. The SMILES string of the molecule is CCCCCCCCCCCCCCCCCCCCC(=O)OCC(=O)CCCCCCCCCCCCCCCCCCC. The number of ketones is 1. The van der Waals surface area contributed by atoms with Gasteiger partial charge in [-0.1, -0.05) is 226 Å². The number of ether oxygens (including phenoxy) is 1. The quantitative estimate of drug-likeness (QED) is 0.0499. The first-order valence-corrected chi connectivity index (χ1v) is 20.9. The summed E-state index contributed by atoms with van der Waals surface area (Å²) in [4.78, 5) is 24.1. The molecule has 0 unspecified atom stereocenters. The lowest BCUT2D eigenvalue weighted by Gasteiger charge is -2.06. The third-order valence-corrected chi connectivity index (χ3v) is 9.69. The van der Waals surface area contributed by atoms with Crippen LogP contribution in [0.1, 0.15) is 251 Å². The largest absolute Gasteiger partial charge is 0.458 e. The Hall–Kier alpha value is -0.860. The summed E-state index contributed by atoms with van der Waals surface area (Å²) in [6.45, 7) is 4.56. The van der Waals surface area contributed by atoms with Gasteiger partial charge in [-0.3, -0.25) is 9.59 Å². The highest BCUT2D eigenvalue weighted by Crippen LogP contribution is 2.16. The first kappa shape index (κ1) is 44.1. The molecule has 0 aromatic carbocycles. The maximum Gasteiger partial charge on any atom is 0.306 e. The van der Waals surface area contributed by atoms with Crippen molar-refractivity contribution in [1.82, 2.24) is 0 Å². The van der Waals surface area contributed by atoms with E-state index in [2.05, 4.69) is 13.8 Å². The average Bonchev–Trinajstić information content (AvgIpc) is 3.04. The Balaban J connectivity index is 3.25. The van der Waals surface area contributed by atoms with E-state index in [0.29, 0.717) is 12.8 Å². The molecule has 0 aromatic rings. The number of hydrogen-bond acceptors (Lipinski definition) is 3. The Morgan fingerprint density at radius 2 is 0.533 bits per heavy atom. The zero-order chi connectivity index (χ0) is 32.7. The Bertz CT molecular complexity index is 586. The molecule has 0 fully saturated rings. The van der Waals surface area contributed by atoms with Crippen molar-refractivity contribution in [3.63, 3.8) is 0 Å². The molecule has 0 aliphatic heterocycles. The van der Waals surface area contributed by atoms with Crippen molar-refractivity contribution in [2.24, 2.45) is 0 Å². The van der Waals surface area contributed by atoms with Gasteiger partial charge >= 0.3 is 5.97 Å². The number of Topliss-reactive ketones (excluding diaryl/α,β-unsaturated/α-hetero) is 1. The second kappa shape index (κ2) is 39.3. The Morgan fingerprint density at radius 1 is 0.311 bits per heavy atom. The fraction of sp³-hybridized carbons (Fsp3) is 0.952. The van der Waals surface area contributed by atoms with Crippen molar-refractivity contribution in [1.29, 1.82) is 0 Å². The minimum absolute atomic E-state index is 0.0171. The highest BCUT2D eigenvalue weighted by Gasteiger charge is 2.07. The number of carbonyl (C=O) groups excluding carboxylic acids is 2. The Labute approximate surface area is 283 Å². The van der Waals surface area contributed by atoms with Gasteiger partial charge in [0.1, 0.15) is 6.61 Å². The van der Waals surface area contributed by atoms with E-state index in [1.165, 1.54) is 199 Å². The maximum absolute atomic E-state index is 12.1. The predicted molar refractivity (Wildman–Crippen MR) is 198 cm³/mol. The van der Waals surface area contributed by atoms with Crippen molar-refractivity contribution in [3.8, 4) is 0 Å². The van der Waals surface area contributed by atoms with Crippen molar-refractivity contribution in [2.45, 2.75) is 251 Å². The van der Waals surface area contributed by atoms with E-state index in [4.69, 9.17) is 4.74 Å². The topological polar surface area (TPSA) is 43.4 Å². The number of carbonyl (C=O) groups is 2. The molecule has 0 heterocycles. The molecule has 268 valence electrons. The zero-order valence-electron chi connectivity index (χ0n) is 31.1. The van der Waals surface area contributed by atoms with Crippen LogP contribution in [0.4, 0.5) is 0 Å². The van der Waals surface area contributed by atoms with Crippen LogP contribution < -0.4 is 0 Å². The summed E-state index contributed by atoms with van der Waals surface area (Å²) in [5.74, 6) is -0.107. The molecule has 0 saturated heterocycles. The third-order valence-electron chi connectivity index (χ3n) is 9.69. The zero-order valence-corrected chi connectivity index (χ0v) is 31.1. The highest BCUT2D eigenvalue weighted by molar-refractivity contribution is 5.82. The molecule has 3 heteroatoms. The first-order chi connectivity index (χ1) is 22.2. The van der Waals surface area contributed by atoms with Gasteiger partial charge in [0.15, 0.2) is 5.78 Å². The molecule has 0 radical (unpaired) electrons. The van der Waals surface area contributed by atoms with Crippen LogP contribution in [0.3, 0.4) is 0 Å². The van der Waals surface area contributed by atoms with E-state index in [0.717, 1.165) is 25.7 Å². The van der Waals surface area contributed by atoms with Crippen molar-refractivity contribution in [3.05, 3.63) is 0 Å². The van der Waals surface area contributed by atoms with Crippen molar-refractivity contribution in [2.75, 3.05) is 6.61 Å². The lowest BCUT2D eigenvalue weighted by atomic mass is 10.0. The van der Waals surface area contributed by atoms with Gasteiger partial charge in [0.25, 0.3) is 0 Å². The lowest BCUT2D eigenvalue weighted by Crippen LogP contribution is -2.13. The second-order valence-corrected chi connectivity index (χ2v) is 14.4. The van der Waals surface area contributed by atoms with Crippen LogP contribution in [-0.4, -0.2) is 18.4 Å². The van der Waals surface area contributed by atoms with Gasteiger partial charge in [0.2, 0.25) is 0 Å². The third kappa shape index (κ3) is 39.2. The van der Waals surface area contributed by atoms with E-state index in [1.54, 1.807) is 0 Å². The van der Waals surface area contributed by atoms with Crippen molar-refractivity contribution >= 4 is 11.8 Å². The van der Waals surface area contributed by atoms with Gasteiger partial charge in [0, 0.05) is 12.8 Å². The molecule has 45 heavy (non-hydrogen) atoms. The van der Waals surface area contributed by atoms with Crippen molar-refractivity contribution < 1.29 is 14.3 Å². The van der Waals surface area contributed by atoms with E-state index in [-0.39, 0.29) is 18.4 Å². The highest BCUT2D eigenvalue weighted by atomic mass is 16.5. The van der Waals surface area contributed by atoms with Crippen LogP contribution in [0.15, 0.2) is 0 Å². The molecule has 0 spiro atoms. The average molecular weight is 635 g/mol. The number of unbranched alkanes of at least 4 members (excludes halogenated alkanes) is 33. The molecule has 0 aliphatic rings. The van der Waals surface area contributed by atoms with E-state index >= 15 is 0 Å². The molecule has 0 aliphatic carbocycles. The van der Waals surface area contributed by atoms with E-state index < -0.39 is 0 Å². The van der Waals surface area contributed by atoms with Crippen LogP contribution in [0.2, 0.25) is 0 Å². The molecular weight excluding hydrogens is 552 g/mol. The van der Waals surface area contributed by atoms with E-state index in [9.17, 15) is 9.59 Å². The minimum atomic E-state index is -0.192. The Morgan fingerprint density at radius 3 is 0.800 bits per heavy atom. The van der Waals surface area contributed by atoms with Crippen LogP contribution in [-0.2, 0) is 14.3 Å². The van der Waals surface area contributed by atoms with Gasteiger partial charge < -0.3 is 4.74 Å². The minimum Gasteiger partial charge on any atom is -0.458 e. The van der Waals surface area contributed by atoms with Crippen LogP contribution in [0.25, 0.3) is 0 Å². The smallest absolute Gasteiger partial charge is 0.306 e. The van der Waals surface area contributed by atoms with Crippen LogP contribution >= 0.6 is 0 Å². The molecule has 0 bridgehead atoms. The fourth-order valence-corrected chi connectivity index (χ4v) is 6.52. The second-order valence-electron chi connectivity index (χ2n) is 14.4. The lowest BCUT2D eigenvalue weighted by molar-refractivity contribution is -0.148. The Kier molecular flexibility index (Phi) is 38.6. The molecule has 0 rings (SSSR count). The summed E-state index contributed by atoms with van der Waals surface area (Å²) in [6.07, 6.45) is 48.1. The predicted octanol–water partition coefficient (Wildman–Crippen LogP) is 14.6. The monoisotopic (exact) mass is 635 g/mol. The molecule has 0 amide bonds. The molecule has 3 nitrogen and oxygen atoms in total. The molecule has 0 atom stereocenters. The van der Waals surface area contributed by atoms with Gasteiger partial charge in [-0.25, -0.2) is 0 Å². The van der Waals surface area contributed by atoms with Gasteiger partial charge in [0.05, 0.1) is 0 Å². The molecular formula is C42H82O3. The number of esters is 1. The van der Waals surface area contributed by atoms with Crippen LogP contribution in [0, 0.1) is 0 Å². The van der Waals surface area contributed by atoms with Gasteiger partial charge in [-0.2, -0.15) is 0 Å². The summed E-state index contributed by atoms with van der Waals surface area (Å²) >= 11 is 0. The number of rotatable bonds is 39. The summed E-state index contributed by atoms with van der Waals surface area (Å²) in [6, 6.07) is 0. The molecule has 0 saturated carbocycles. The van der Waals surface area contributed by atoms with Gasteiger partial charge in [-0.15, -0.1) is 0 Å². The summed E-state index contributed by atoms with van der Waals surface area (Å²) in [7, 11) is 0. The van der Waals surface area contributed by atoms with Gasteiger partial charge in [-0.05, 0) is 12.8 Å². The molecule has 0 N–H and O–H groups in total.